The van der Waals surface area contributed by atoms with Crippen LogP contribution in [0.5, 0.6) is 0 Å². The van der Waals surface area contributed by atoms with Crippen molar-refractivity contribution < 1.29 is 14.7 Å². The highest BCUT2D eigenvalue weighted by Gasteiger charge is 2.06. The van der Waals surface area contributed by atoms with Gasteiger partial charge in [-0.15, -0.1) is 0 Å². The average molecular weight is 308 g/mol. The van der Waals surface area contributed by atoms with Gasteiger partial charge in [-0.2, -0.15) is 0 Å². The topological polar surface area (TPSA) is 86.5 Å². The third-order valence-corrected chi connectivity index (χ3v) is 3.38. The van der Waals surface area contributed by atoms with E-state index in [1.807, 2.05) is 47.1 Å². The Morgan fingerprint density at radius 2 is 1.87 bits per heavy atom. The van der Waals surface area contributed by atoms with E-state index in [-0.39, 0.29) is 18.7 Å². The molecule has 0 aliphatic carbocycles. The Bertz CT molecular complexity index is 820. The van der Waals surface area contributed by atoms with Gasteiger partial charge in [0.2, 0.25) is 5.91 Å². The summed E-state index contributed by atoms with van der Waals surface area (Å²) in [7, 11) is 0. The van der Waals surface area contributed by atoms with Gasteiger partial charge in [0.15, 0.2) is 0 Å². The molecule has 0 bridgehead atoms. The van der Waals surface area contributed by atoms with Crippen molar-refractivity contribution in [3.05, 3.63) is 54.9 Å². The molecule has 2 aromatic heterocycles. The highest BCUT2D eigenvalue weighted by molar-refractivity contribution is 5.92. The number of anilines is 1. The van der Waals surface area contributed by atoms with Crippen LogP contribution in [0.3, 0.4) is 0 Å². The molecule has 0 saturated heterocycles. The monoisotopic (exact) mass is 308 g/mol. The molecule has 0 aliphatic rings. The lowest BCUT2D eigenvalue weighted by Crippen LogP contribution is -2.24. The van der Waals surface area contributed by atoms with Crippen molar-refractivity contribution in [1.29, 1.82) is 0 Å². The van der Waals surface area contributed by atoms with E-state index in [1.165, 1.54) is 0 Å². The number of aromatic nitrogens is 2. The van der Waals surface area contributed by atoms with Crippen molar-refractivity contribution in [1.82, 2.24) is 9.38 Å². The second kappa shape index (κ2) is 6.31. The van der Waals surface area contributed by atoms with Gasteiger partial charge in [-0.1, -0.05) is 18.2 Å². The van der Waals surface area contributed by atoms with Gasteiger partial charge in [0.05, 0.1) is 5.69 Å². The standard InChI is InChI=1S/C17H15N3O3/c21-16(8-9-17(22)23)18-13-6-4-12(5-7-13)14-11-20-10-2-1-3-15(20)19-14/h1-7,10-11H,8-9H2,(H,18,21)(H,22,23)/p-1. The van der Waals surface area contributed by atoms with Crippen LogP contribution in [-0.4, -0.2) is 21.3 Å². The zero-order valence-electron chi connectivity index (χ0n) is 12.2. The van der Waals surface area contributed by atoms with Gasteiger partial charge in [0.25, 0.3) is 0 Å². The third kappa shape index (κ3) is 3.55. The molecule has 1 amide bonds. The first-order valence-corrected chi connectivity index (χ1v) is 7.16. The number of pyridine rings is 1. The van der Waals surface area contributed by atoms with E-state index in [2.05, 4.69) is 10.3 Å². The van der Waals surface area contributed by atoms with Crippen molar-refractivity contribution in [2.75, 3.05) is 5.32 Å². The van der Waals surface area contributed by atoms with Crippen LogP contribution in [0.4, 0.5) is 5.69 Å². The second-order valence-corrected chi connectivity index (χ2v) is 5.09. The molecule has 0 radical (unpaired) electrons. The molecule has 23 heavy (non-hydrogen) atoms. The lowest BCUT2D eigenvalue weighted by atomic mass is 10.1. The molecule has 0 aliphatic heterocycles. The number of amides is 1. The number of imidazole rings is 1. The number of aliphatic carboxylic acids is 1. The van der Waals surface area contributed by atoms with Gasteiger partial charge in [-0.3, -0.25) is 4.79 Å². The SMILES string of the molecule is O=C([O-])CCC(=O)Nc1ccc(-c2cn3ccccc3n2)cc1. The number of nitrogens with one attached hydrogen (secondary N) is 1. The van der Waals surface area contributed by atoms with Gasteiger partial charge in [0.1, 0.15) is 5.65 Å². The molecule has 3 rings (SSSR count). The van der Waals surface area contributed by atoms with E-state index in [1.54, 1.807) is 12.1 Å². The van der Waals surface area contributed by atoms with E-state index in [9.17, 15) is 14.7 Å². The number of carboxylic acids is 1. The fourth-order valence-electron chi connectivity index (χ4n) is 2.24. The lowest BCUT2D eigenvalue weighted by molar-refractivity contribution is -0.305. The van der Waals surface area contributed by atoms with Crippen LogP contribution in [-0.2, 0) is 9.59 Å². The van der Waals surface area contributed by atoms with Gasteiger partial charge >= 0.3 is 0 Å². The molecule has 0 unspecified atom stereocenters. The summed E-state index contributed by atoms with van der Waals surface area (Å²) < 4.78 is 1.94. The van der Waals surface area contributed by atoms with Crippen LogP contribution in [0.15, 0.2) is 54.9 Å². The summed E-state index contributed by atoms with van der Waals surface area (Å²) in [5.74, 6) is -1.59. The quantitative estimate of drug-likeness (QED) is 0.773. The highest BCUT2D eigenvalue weighted by atomic mass is 16.4. The van der Waals surface area contributed by atoms with E-state index in [0.717, 1.165) is 16.9 Å². The first-order chi connectivity index (χ1) is 11.1. The maximum atomic E-state index is 11.6. The maximum Gasteiger partial charge on any atom is 0.224 e. The fraction of sp³-hybridized carbons (Fsp3) is 0.118. The molecule has 2 heterocycles. The Morgan fingerprint density at radius 3 is 2.57 bits per heavy atom. The van der Waals surface area contributed by atoms with Crippen LogP contribution in [0, 0.1) is 0 Å². The van der Waals surface area contributed by atoms with Crippen molar-refractivity contribution in [3.63, 3.8) is 0 Å². The van der Waals surface area contributed by atoms with Gasteiger partial charge < -0.3 is 19.6 Å². The summed E-state index contributed by atoms with van der Waals surface area (Å²) in [4.78, 5) is 26.4. The Hall–Kier alpha value is -3.15. The first-order valence-electron chi connectivity index (χ1n) is 7.16. The van der Waals surface area contributed by atoms with Gasteiger partial charge in [-0.25, -0.2) is 4.98 Å². The van der Waals surface area contributed by atoms with E-state index >= 15 is 0 Å². The number of carbonyl (C=O) groups is 2. The van der Waals surface area contributed by atoms with Crippen molar-refractivity contribution in [3.8, 4) is 11.3 Å². The Morgan fingerprint density at radius 1 is 1.09 bits per heavy atom. The summed E-state index contributed by atoms with van der Waals surface area (Å²) in [6.07, 6.45) is 3.47. The predicted molar refractivity (Wildman–Crippen MR) is 83.5 cm³/mol. The molecule has 6 heteroatoms. The molecule has 0 saturated carbocycles. The highest BCUT2D eigenvalue weighted by Crippen LogP contribution is 2.21. The first kappa shape index (κ1) is 14.8. The summed E-state index contributed by atoms with van der Waals surface area (Å²) in [6, 6.07) is 13.0. The van der Waals surface area contributed by atoms with Gasteiger partial charge in [-0.05, 0) is 30.7 Å². The number of carboxylic acid groups (broad SMARTS) is 1. The predicted octanol–water partition coefficient (Wildman–Crippen LogP) is 1.47. The van der Waals surface area contributed by atoms with Crippen molar-refractivity contribution in [2.24, 2.45) is 0 Å². The minimum atomic E-state index is -1.23. The number of rotatable bonds is 5. The van der Waals surface area contributed by atoms with Crippen LogP contribution in [0.2, 0.25) is 0 Å². The van der Waals surface area contributed by atoms with Crippen molar-refractivity contribution >= 4 is 23.2 Å². The molecule has 1 N–H and O–H groups in total. The summed E-state index contributed by atoms with van der Waals surface area (Å²) in [5.41, 5.74) is 3.25. The molecule has 6 nitrogen and oxygen atoms in total. The number of benzene rings is 1. The van der Waals surface area contributed by atoms with Crippen LogP contribution >= 0.6 is 0 Å². The molecule has 116 valence electrons. The fourth-order valence-corrected chi connectivity index (χ4v) is 2.24. The molecule has 3 aromatic rings. The number of fused-ring (bicyclic) bond motifs is 1. The molecular weight excluding hydrogens is 294 g/mol. The second-order valence-electron chi connectivity index (χ2n) is 5.09. The third-order valence-electron chi connectivity index (χ3n) is 3.38. The summed E-state index contributed by atoms with van der Waals surface area (Å²) in [6.45, 7) is 0. The maximum absolute atomic E-state index is 11.6. The van der Waals surface area contributed by atoms with Crippen molar-refractivity contribution in [2.45, 2.75) is 12.8 Å². The van der Waals surface area contributed by atoms with E-state index in [0.29, 0.717) is 5.69 Å². The normalized spacial score (nSPS) is 10.6. The van der Waals surface area contributed by atoms with E-state index in [4.69, 9.17) is 0 Å². The number of hydrogen-bond acceptors (Lipinski definition) is 4. The average Bonchev–Trinajstić information content (AvgIpc) is 2.97. The minimum Gasteiger partial charge on any atom is -0.550 e. The smallest absolute Gasteiger partial charge is 0.224 e. The molecular formula is C17H14N3O3-. The molecule has 1 aromatic carbocycles. The van der Waals surface area contributed by atoms with Crippen LogP contribution < -0.4 is 10.4 Å². The number of hydrogen-bond donors (Lipinski definition) is 1. The number of carbonyl (C=O) groups excluding carboxylic acids is 2. The molecule has 0 fully saturated rings. The van der Waals surface area contributed by atoms with Crippen LogP contribution in [0.25, 0.3) is 16.9 Å². The van der Waals surface area contributed by atoms with Crippen LogP contribution in [0.1, 0.15) is 12.8 Å². The summed E-state index contributed by atoms with van der Waals surface area (Å²) in [5, 5.41) is 13.0. The zero-order valence-corrected chi connectivity index (χ0v) is 12.2. The lowest BCUT2D eigenvalue weighted by Gasteiger charge is -2.06. The Labute approximate surface area is 132 Å². The number of nitrogens with zero attached hydrogens (tertiary/aromatic N) is 2. The Kier molecular flexibility index (Phi) is 4.05. The zero-order chi connectivity index (χ0) is 16.2. The van der Waals surface area contributed by atoms with E-state index < -0.39 is 5.97 Å². The minimum absolute atomic E-state index is 0.101. The summed E-state index contributed by atoms with van der Waals surface area (Å²) >= 11 is 0. The largest absolute Gasteiger partial charge is 0.550 e. The van der Waals surface area contributed by atoms with Gasteiger partial charge in [0, 0.05) is 36.0 Å². The molecule has 0 atom stereocenters. The molecule has 0 spiro atoms. The Balaban J connectivity index is 1.71.